The van der Waals surface area contributed by atoms with Gasteiger partial charge < -0.3 is 5.53 Å². The zero-order chi connectivity index (χ0) is 30.7. The molecule has 1 aliphatic rings. The average molecular weight is 640 g/mol. The third-order valence-electron chi connectivity index (χ3n) is 8.87. The Morgan fingerprint density at radius 2 is 1.07 bits per heavy atom. The van der Waals surface area contributed by atoms with E-state index in [0.717, 1.165) is 54.6 Å². The van der Waals surface area contributed by atoms with Crippen LogP contribution in [-0.4, -0.2) is 4.70 Å². The number of aryl methyl sites for hydroxylation is 2. The molecule has 0 unspecified atom stereocenters. The number of hydrogen-bond donors (Lipinski definition) is 0. The molecule has 0 amide bonds. The van der Waals surface area contributed by atoms with E-state index in [1.54, 1.807) is 4.70 Å². The maximum absolute atomic E-state index is 12.1. The van der Waals surface area contributed by atoms with Crippen molar-refractivity contribution >= 4 is 11.4 Å². The van der Waals surface area contributed by atoms with Crippen LogP contribution >= 0.6 is 0 Å². The van der Waals surface area contributed by atoms with Crippen molar-refractivity contribution in [1.29, 1.82) is 0 Å². The van der Waals surface area contributed by atoms with Crippen molar-refractivity contribution in [3.05, 3.63) is 99.6 Å². The van der Waals surface area contributed by atoms with Gasteiger partial charge in [0.1, 0.15) is 0 Å². The average Bonchev–Trinajstić information content (AvgIpc) is 3.30. The Balaban J connectivity index is 0.00000675. The number of unbranched alkanes of at least 4 members (excludes halogenated alkanes) is 12. The first-order valence-corrected chi connectivity index (χ1v) is 18.0. The van der Waals surface area contributed by atoms with Crippen LogP contribution in [0.5, 0.6) is 0 Å². The van der Waals surface area contributed by atoms with Gasteiger partial charge in [-0.15, -0.1) is 0 Å². The molecule has 0 bridgehead atoms. The second kappa shape index (κ2) is 22.3. The van der Waals surface area contributed by atoms with Crippen molar-refractivity contribution in [3.63, 3.8) is 0 Å². The van der Waals surface area contributed by atoms with E-state index >= 15 is 0 Å². The van der Waals surface area contributed by atoms with Crippen molar-refractivity contribution in [3.8, 4) is 0 Å². The number of benzene rings is 2. The van der Waals surface area contributed by atoms with Gasteiger partial charge in [0.05, 0.1) is 5.57 Å². The fourth-order valence-corrected chi connectivity index (χ4v) is 6.29. The molecular formula is C41H60N2Ni. The molecule has 0 spiro atoms. The van der Waals surface area contributed by atoms with Crippen molar-refractivity contribution in [1.82, 2.24) is 0 Å². The van der Waals surface area contributed by atoms with Crippen molar-refractivity contribution in [2.75, 3.05) is 0 Å². The second-order valence-corrected chi connectivity index (χ2v) is 12.6. The molecule has 0 atom stereocenters. The molecule has 2 aromatic rings. The molecule has 3 rings (SSSR count). The van der Waals surface area contributed by atoms with Crippen LogP contribution in [0.3, 0.4) is 0 Å². The zero-order valence-electron chi connectivity index (χ0n) is 28.4. The number of nitrogens with zero attached hydrogens (tertiary/aromatic N) is 2. The maximum atomic E-state index is 12.1. The van der Waals surface area contributed by atoms with Gasteiger partial charge in [0, 0.05) is 33.2 Å². The molecule has 44 heavy (non-hydrogen) atoms. The van der Waals surface area contributed by atoms with Gasteiger partial charge in [0.25, 0.3) is 0 Å². The number of allylic oxidation sites excluding steroid dienone is 4. The Bertz CT molecular complexity index is 1220. The molecule has 0 radical (unpaired) electrons. The molecule has 1 aliphatic heterocycles. The van der Waals surface area contributed by atoms with E-state index in [-0.39, 0.29) is 16.5 Å². The van der Waals surface area contributed by atoms with Crippen LogP contribution < -0.4 is 0 Å². The molecule has 0 saturated heterocycles. The molecule has 2 aromatic carbocycles. The fraction of sp³-hybridized carbons (Fsp3) is 0.561. The Kier molecular flexibility index (Phi) is 19.2. The third kappa shape index (κ3) is 11.9. The standard InChI is InChI=1S/C41H60N2.Ni/c1-5-9-13-15-17-19-21-31-39-38(30-20-18-16-14-10-6-2)40(36-28-22-26-34(32-36)24-11-7-3)43(42)41(39)37-29-23-27-35(33-37)25-12-8-4;/h21-23,26-29,31-33H,5-20,24-25,30H2,1-4H3;. The summed E-state index contributed by atoms with van der Waals surface area (Å²) < 4.78 is 1.55. The van der Waals surface area contributed by atoms with Crippen LogP contribution in [-0.2, 0) is 29.3 Å². The van der Waals surface area contributed by atoms with E-state index in [9.17, 15) is 5.53 Å². The normalized spacial score (nSPS) is 13.4. The summed E-state index contributed by atoms with van der Waals surface area (Å²) in [6.07, 6.45) is 27.8. The molecule has 3 heteroatoms. The molecular weight excluding hydrogens is 579 g/mol. The molecule has 0 saturated carbocycles. The topological polar surface area (TPSA) is 25.3 Å². The summed E-state index contributed by atoms with van der Waals surface area (Å²) in [6.45, 7) is 9.07. The Labute approximate surface area is 280 Å². The molecule has 1 heterocycles. The molecule has 0 N–H and O–H groups in total. The van der Waals surface area contributed by atoms with Gasteiger partial charge in [-0.3, -0.25) is 0 Å². The van der Waals surface area contributed by atoms with Crippen LogP contribution in [0.1, 0.15) is 159 Å². The van der Waals surface area contributed by atoms with E-state index in [1.807, 2.05) is 0 Å². The van der Waals surface area contributed by atoms with Gasteiger partial charge in [0.2, 0.25) is 11.4 Å². The quantitative estimate of drug-likeness (QED) is 0.0696. The van der Waals surface area contributed by atoms with Gasteiger partial charge in [0.15, 0.2) is 0 Å². The molecule has 0 aliphatic carbocycles. The Hall–Kier alpha value is -2.25. The molecule has 0 fully saturated rings. The Morgan fingerprint density at radius 3 is 1.64 bits per heavy atom. The predicted octanol–water partition coefficient (Wildman–Crippen LogP) is 13.2. The summed E-state index contributed by atoms with van der Waals surface area (Å²) in [7, 11) is 0. The minimum Gasteiger partial charge on any atom is -0.493 e. The van der Waals surface area contributed by atoms with Crippen molar-refractivity contribution < 1.29 is 21.2 Å². The minimum absolute atomic E-state index is 0. The first kappa shape index (κ1) is 37.9. The van der Waals surface area contributed by atoms with E-state index in [4.69, 9.17) is 0 Å². The molecule has 244 valence electrons. The van der Waals surface area contributed by atoms with E-state index < -0.39 is 0 Å². The molecule has 2 nitrogen and oxygen atoms in total. The first-order chi connectivity index (χ1) is 21.1. The van der Waals surface area contributed by atoms with Gasteiger partial charge in [-0.1, -0.05) is 135 Å². The first-order valence-electron chi connectivity index (χ1n) is 18.0. The van der Waals surface area contributed by atoms with Crippen molar-refractivity contribution in [2.45, 2.75) is 150 Å². The largest absolute Gasteiger partial charge is 0.493 e. The van der Waals surface area contributed by atoms with Crippen molar-refractivity contribution in [2.24, 2.45) is 0 Å². The number of rotatable bonds is 22. The number of hydrogen-bond acceptors (Lipinski definition) is 0. The predicted molar refractivity (Wildman–Crippen MR) is 188 cm³/mol. The zero-order valence-corrected chi connectivity index (χ0v) is 29.4. The Morgan fingerprint density at radius 1 is 0.568 bits per heavy atom. The van der Waals surface area contributed by atoms with E-state index in [0.29, 0.717) is 0 Å². The van der Waals surface area contributed by atoms with Crippen LogP contribution in [0, 0.1) is 0 Å². The van der Waals surface area contributed by atoms with E-state index in [1.165, 1.54) is 112 Å². The summed E-state index contributed by atoms with van der Waals surface area (Å²) in [5.41, 5.74) is 21.5. The van der Waals surface area contributed by atoms with Crippen LogP contribution in [0.4, 0.5) is 0 Å². The summed E-state index contributed by atoms with van der Waals surface area (Å²) in [6, 6.07) is 17.9. The summed E-state index contributed by atoms with van der Waals surface area (Å²) in [5.74, 6) is 0. The van der Waals surface area contributed by atoms with Gasteiger partial charge in [-0.2, -0.15) is 0 Å². The monoisotopic (exact) mass is 638 g/mol. The fourth-order valence-electron chi connectivity index (χ4n) is 6.29. The summed E-state index contributed by atoms with van der Waals surface area (Å²) >= 11 is 0. The van der Waals surface area contributed by atoms with Crippen LogP contribution in [0.2, 0.25) is 0 Å². The second-order valence-electron chi connectivity index (χ2n) is 12.6. The van der Waals surface area contributed by atoms with Crippen LogP contribution in [0.25, 0.3) is 16.9 Å². The van der Waals surface area contributed by atoms with E-state index in [2.05, 4.69) is 88.4 Å². The van der Waals surface area contributed by atoms with Gasteiger partial charge >= 0.3 is 0 Å². The van der Waals surface area contributed by atoms with Gasteiger partial charge in [-0.05, 0) is 86.8 Å². The SMILES string of the molecule is CCCCCCCC=CC1=C(c2cccc(CCCC)c2)[N+](=[N-])C(c2cccc(CCCC)c2)=C1CCCCCCCC.[Ni]. The smallest absolute Gasteiger partial charge is 0.215 e. The maximum Gasteiger partial charge on any atom is 0.215 e. The summed E-state index contributed by atoms with van der Waals surface area (Å²) in [4.78, 5) is 0. The third-order valence-corrected chi connectivity index (χ3v) is 8.87. The van der Waals surface area contributed by atoms with Gasteiger partial charge in [-0.25, -0.2) is 4.70 Å². The summed E-state index contributed by atoms with van der Waals surface area (Å²) in [5, 5.41) is 0. The molecule has 0 aromatic heterocycles. The van der Waals surface area contributed by atoms with Crippen LogP contribution in [0.15, 0.2) is 71.8 Å². The minimum atomic E-state index is 0.